The van der Waals surface area contributed by atoms with Gasteiger partial charge in [-0.3, -0.25) is 9.67 Å². The van der Waals surface area contributed by atoms with Crippen molar-refractivity contribution in [1.29, 1.82) is 0 Å². The fourth-order valence-electron chi connectivity index (χ4n) is 2.39. The van der Waals surface area contributed by atoms with Crippen LogP contribution in [-0.2, 0) is 13.5 Å². The van der Waals surface area contributed by atoms with E-state index in [0.29, 0.717) is 5.56 Å². The first kappa shape index (κ1) is 14.8. The van der Waals surface area contributed by atoms with E-state index < -0.39 is 0 Å². The molecular weight excluding hydrogens is 268 g/mol. The molecule has 0 radical (unpaired) electrons. The minimum absolute atomic E-state index is 0.0753. The van der Waals surface area contributed by atoms with E-state index in [1.807, 2.05) is 38.1 Å². The third-order valence-corrected chi connectivity index (χ3v) is 3.40. The number of anilines is 1. The summed E-state index contributed by atoms with van der Waals surface area (Å²) in [4.78, 5) is 6.06. The van der Waals surface area contributed by atoms with Crippen LogP contribution >= 0.6 is 0 Å². The number of nitrogens with zero attached hydrogens (tertiary/aromatic N) is 5. The van der Waals surface area contributed by atoms with Gasteiger partial charge in [-0.15, -0.1) is 0 Å². The molecule has 0 aromatic carbocycles. The third kappa shape index (κ3) is 3.13. The lowest BCUT2D eigenvalue weighted by Crippen LogP contribution is -2.26. The Morgan fingerprint density at radius 3 is 2.71 bits per heavy atom. The highest BCUT2D eigenvalue weighted by Gasteiger charge is 2.20. The molecule has 0 atom stereocenters. The van der Waals surface area contributed by atoms with Crippen LogP contribution < -0.4 is 10.6 Å². The zero-order valence-electron chi connectivity index (χ0n) is 12.5. The SMILES string of the molecule is Cc1nn(C)c(N(C)CCc2ccncc2)c1C(N)=NO. The normalized spacial score (nSPS) is 11.7. The molecule has 2 rings (SSSR count). The van der Waals surface area contributed by atoms with Gasteiger partial charge in [-0.2, -0.15) is 5.10 Å². The number of likely N-dealkylation sites (N-methyl/N-ethyl adjacent to an activating group) is 1. The summed E-state index contributed by atoms with van der Waals surface area (Å²) in [5.74, 6) is 0.906. The fourth-order valence-corrected chi connectivity index (χ4v) is 2.39. The highest BCUT2D eigenvalue weighted by atomic mass is 16.4. The molecule has 2 aromatic rings. The summed E-state index contributed by atoms with van der Waals surface area (Å²) in [6.07, 6.45) is 4.44. The summed E-state index contributed by atoms with van der Waals surface area (Å²) in [5, 5.41) is 16.4. The molecule has 0 aliphatic rings. The van der Waals surface area contributed by atoms with Gasteiger partial charge < -0.3 is 15.8 Å². The molecule has 7 heteroatoms. The maximum atomic E-state index is 8.94. The van der Waals surface area contributed by atoms with Crippen molar-refractivity contribution in [2.45, 2.75) is 13.3 Å². The molecule has 112 valence electrons. The van der Waals surface area contributed by atoms with Crippen LogP contribution in [0.25, 0.3) is 0 Å². The van der Waals surface area contributed by atoms with E-state index in [-0.39, 0.29) is 5.84 Å². The van der Waals surface area contributed by atoms with Crippen molar-refractivity contribution >= 4 is 11.7 Å². The molecule has 0 amide bonds. The monoisotopic (exact) mass is 288 g/mol. The zero-order valence-corrected chi connectivity index (χ0v) is 12.5. The van der Waals surface area contributed by atoms with E-state index in [0.717, 1.165) is 24.5 Å². The van der Waals surface area contributed by atoms with Crippen LogP contribution in [0.3, 0.4) is 0 Å². The smallest absolute Gasteiger partial charge is 0.175 e. The van der Waals surface area contributed by atoms with Gasteiger partial charge in [0, 0.05) is 33.0 Å². The first-order valence-corrected chi connectivity index (χ1v) is 6.66. The molecule has 0 aliphatic heterocycles. The van der Waals surface area contributed by atoms with Gasteiger partial charge >= 0.3 is 0 Å². The number of oxime groups is 1. The average Bonchev–Trinajstić information content (AvgIpc) is 2.79. The van der Waals surface area contributed by atoms with Crippen molar-refractivity contribution in [2.24, 2.45) is 17.9 Å². The van der Waals surface area contributed by atoms with E-state index in [2.05, 4.69) is 15.2 Å². The number of aromatic nitrogens is 3. The van der Waals surface area contributed by atoms with Crippen LogP contribution in [0.1, 0.15) is 16.8 Å². The van der Waals surface area contributed by atoms with Crippen molar-refractivity contribution in [3.63, 3.8) is 0 Å². The quantitative estimate of drug-likeness (QED) is 0.369. The Labute approximate surface area is 123 Å². The lowest BCUT2D eigenvalue weighted by atomic mass is 10.1. The van der Waals surface area contributed by atoms with Gasteiger partial charge in [0.2, 0.25) is 0 Å². The van der Waals surface area contributed by atoms with Gasteiger partial charge in [-0.25, -0.2) is 0 Å². The van der Waals surface area contributed by atoms with E-state index in [4.69, 9.17) is 10.9 Å². The van der Waals surface area contributed by atoms with E-state index >= 15 is 0 Å². The lowest BCUT2D eigenvalue weighted by Gasteiger charge is -2.20. The van der Waals surface area contributed by atoms with Crippen LogP contribution in [0.2, 0.25) is 0 Å². The Balaban J connectivity index is 2.21. The van der Waals surface area contributed by atoms with Gasteiger partial charge in [0.05, 0.1) is 11.3 Å². The number of aryl methyl sites for hydroxylation is 2. The minimum Gasteiger partial charge on any atom is -0.409 e. The van der Waals surface area contributed by atoms with Gasteiger partial charge in [0.1, 0.15) is 5.82 Å². The largest absolute Gasteiger partial charge is 0.409 e. The molecule has 3 N–H and O–H groups in total. The third-order valence-electron chi connectivity index (χ3n) is 3.40. The van der Waals surface area contributed by atoms with Gasteiger partial charge in [-0.1, -0.05) is 5.16 Å². The number of hydrogen-bond acceptors (Lipinski definition) is 5. The van der Waals surface area contributed by atoms with E-state index in [1.54, 1.807) is 17.1 Å². The first-order chi connectivity index (χ1) is 10.0. The molecule has 0 unspecified atom stereocenters. The summed E-state index contributed by atoms with van der Waals surface area (Å²) in [7, 11) is 3.81. The number of rotatable bonds is 5. The highest BCUT2D eigenvalue weighted by molar-refractivity contribution is 6.02. The highest BCUT2D eigenvalue weighted by Crippen LogP contribution is 2.22. The van der Waals surface area contributed by atoms with Gasteiger partial charge in [0.25, 0.3) is 0 Å². The molecule has 0 fully saturated rings. The number of amidine groups is 1. The van der Waals surface area contributed by atoms with E-state index in [1.165, 1.54) is 5.56 Å². The predicted molar refractivity (Wildman–Crippen MR) is 81.7 cm³/mol. The lowest BCUT2D eigenvalue weighted by molar-refractivity contribution is 0.318. The Morgan fingerprint density at radius 2 is 2.10 bits per heavy atom. The molecular formula is C14H20N6O. The van der Waals surface area contributed by atoms with Crippen molar-refractivity contribution < 1.29 is 5.21 Å². The maximum absolute atomic E-state index is 8.94. The maximum Gasteiger partial charge on any atom is 0.175 e. The molecule has 0 saturated heterocycles. The van der Waals surface area contributed by atoms with Crippen molar-refractivity contribution in [3.8, 4) is 0 Å². The zero-order chi connectivity index (χ0) is 15.4. The van der Waals surface area contributed by atoms with Gasteiger partial charge in [-0.05, 0) is 31.0 Å². The van der Waals surface area contributed by atoms with Crippen LogP contribution in [0.5, 0.6) is 0 Å². The second-order valence-corrected chi connectivity index (χ2v) is 4.92. The molecule has 0 spiro atoms. The number of nitrogens with two attached hydrogens (primary N) is 1. The topological polar surface area (TPSA) is 92.6 Å². The summed E-state index contributed by atoms with van der Waals surface area (Å²) < 4.78 is 1.75. The second kappa shape index (κ2) is 6.25. The molecule has 7 nitrogen and oxygen atoms in total. The Bertz CT molecular complexity index is 634. The van der Waals surface area contributed by atoms with Crippen molar-refractivity contribution in [3.05, 3.63) is 41.3 Å². The van der Waals surface area contributed by atoms with E-state index in [9.17, 15) is 0 Å². The second-order valence-electron chi connectivity index (χ2n) is 4.92. The van der Waals surface area contributed by atoms with Gasteiger partial charge in [0.15, 0.2) is 5.84 Å². The summed E-state index contributed by atoms with van der Waals surface area (Å²) in [5.41, 5.74) is 8.37. The van der Waals surface area contributed by atoms with Crippen LogP contribution in [-0.4, -0.2) is 39.4 Å². The molecule has 21 heavy (non-hydrogen) atoms. The molecule has 2 aromatic heterocycles. The number of pyridine rings is 1. The number of hydrogen-bond donors (Lipinski definition) is 2. The molecule has 2 heterocycles. The fraction of sp³-hybridized carbons (Fsp3) is 0.357. The van der Waals surface area contributed by atoms with Crippen molar-refractivity contribution in [1.82, 2.24) is 14.8 Å². The summed E-state index contributed by atoms with van der Waals surface area (Å²) in [6.45, 7) is 2.63. The average molecular weight is 288 g/mol. The van der Waals surface area contributed by atoms with Crippen LogP contribution in [0.15, 0.2) is 29.7 Å². The molecule has 0 aliphatic carbocycles. The Kier molecular flexibility index (Phi) is 4.42. The minimum atomic E-state index is 0.0753. The standard InChI is InChI=1S/C14H20N6O/c1-10-12(13(15)18-21)14(20(3)17-10)19(2)9-6-11-4-7-16-8-5-11/h4-5,7-8,21H,6,9H2,1-3H3,(H2,15,18). The predicted octanol–water partition coefficient (Wildman–Crippen LogP) is 0.897. The first-order valence-electron chi connectivity index (χ1n) is 6.66. The Morgan fingerprint density at radius 1 is 1.43 bits per heavy atom. The van der Waals surface area contributed by atoms with Crippen LogP contribution in [0.4, 0.5) is 5.82 Å². The summed E-state index contributed by atoms with van der Waals surface area (Å²) in [6, 6.07) is 3.99. The Hall–Kier alpha value is -2.57. The molecule has 0 bridgehead atoms. The van der Waals surface area contributed by atoms with Crippen molar-refractivity contribution in [2.75, 3.05) is 18.5 Å². The summed E-state index contributed by atoms with van der Waals surface area (Å²) >= 11 is 0. The van der Waals surface area contributed by atoms with Crippen LogP contribution in [0, 0.1) is 6.92 Å². The molecule has 0 saturated carbocycles.